The predicted octanol–water partition coefficient (Wildman–Crippen LogP) is 0.221. The van der Waals surface area contributed by atoms with E-state index in [1.807, 2.05) is 0 Å². The summed E-state index contributed by atoms with van der Waals surface area (Å²) in [6.45, 7) is 4.21. The van der Waals surface area contributed by atoms with Crippen LogP contribution in [-0.4, -0.2) is 33.5 Å². The van der Waals surface area contributed by atoms with Gasteiger partial charge in [0.05, 0.1) is 10.9 Å². The quantitative estimate of drug-likeness (QED) is 0.831. The highest BCUT2D eigenvalue weighted by molar-refractivity contribution is 7.89. The molecule has 0 unspecified atom stereocenters. The van der Waals surface area contributed by atoms with E-state index in [-0.39, 0.29) is 10.8 Å². The van der Waals surface area contributed by atoms with Crippen molar-refractivity contribution < 1.29 is 13.2 Å². The van der Waals surface area contributed by atoms with Crippen LogP contribution in [0.1, 0.15) is 19.4 Å². The normalized spacial score (nSPS) is 16.1. The summed E-state index contributed by atoms with van der Waals surface area (Å²) in [5, 5.41) is 0. The van der Waals surface area contributed by atoms with Gasteiger partial charge in [0.25, 0.3) is 0 Å². The van der Waals surface area contributed by atoms with Crippen LogP contribution in [0.4, 0.5) is 5.69 Å². The van der Waals surface area contributed by atoms with Gasteiger partial charge in [0.15, 0.2) is 0 Å². The fraction of sp³-hybridized carbons (Fsp3) is 0.462. The standard InChI is InChI=1S/C13H19N3O3S/c1-3-15-20(18,19)11-5-4-10-6-7-16(12(10)8-11)13(17)9(2)14/h4-5,8-9,15H,3,6-7,14H2,1-2H3/t9-/m1/s1. The Hall–Kier alpha value is -1.44. The number of fused-ring (bicyclic) bond motifs is 1. The number of rotatable bonds is 4. The van der Waals surface area contributed by atoms with Gasteiger partial charge in [-0.1, -0.05) is 13.0 Å². The second kappa shape index (κ2) is 5.51. The minimum absolute atomic E-state index is 0.169. The lowest BCUT2D eigenvalue weighted by Crippen LogP contribution is -2.41. The third-order valence-corrected chi connectivity index (χ3v) is 4.80. The minimum atomic E-state index is -3.52. The van der Waals surface area contributed by atoms with Gasteiger partial charge >= 0.3 is 0 Å². The van der Waals surface area contributed by atoms with Crippen LogP contribution in [0.5, 0.6) is 0 Å². The molecule has 0 radical (unpaired) electrons. The van der Waals surface area contributed by atoms with E-state index >= 15 is 0 Å². The first kappa shape index (κ1) is 15.0. The molecule has 7 heteroatoms. The molecule has 0 saturated carbocycles. The summed E-state index contributed by atoms with van der Waals surface area (Å²) in [7, 11) is -3.52. The average molecular weight is 297 g/mol. The summed E-state index contributed by atoms with van der Waals surface area (Å²) in [5.41, 5.74) is 7.23. The van der Waals surface area contributed by atoms with E-state index in [0.717, 1.165) is 12.0 Å². The Bertz CT molecular complexity index is 626. The third-order valence-electron chi connectivity index (χ3n) is 3.25. The molecule has 1 aliphatic heterocycles. The number of carbonyl (C=O) groups excluding carboxylic acids is 1. The zero-order valence-corrected chi connectivity index (χ0v) is 12.4. The van der Waals surface area contributed by atoms with Gasteiger partial charge < -0.3 is 10.6 Å². The van der Waals surface area contributed by atoms with E-state index in [2.05, 4.69) is 4.72 Å². The van der Waals surface area contributed by atoms with Crippen molar-refractivity contribution in [3.05, 3.63) is 23.8 Å². The number of nitrogens with two attached hydrogens (primary N) is 1. The molecule has 1 heterocycles. The highest BCUT2D eigenvalue weighted by Crippen LogP contribution is 2.30. The van der Waals surface area contributed by atoms with Crippen molar-refractivity contribution in [2.75, 3.05) is 18.0 Å². The number of hydrogen-bond donors (Lipinski definition) is 2. The Balaban J connectivity index is 2.41. The SMILES string of the molecule is CCNS(=O)(=O)c1ccc2c(c1)N(C(=O)[C@@H](C)N)CC2. The smallest absolute Gasteiger partial charge is 0.243 e. The van der Waals surface area contributed by atoms with Gasteiger partial charge in [-0.05, 0) is 31.0 Å². The van der Waals surface area contributed by atoms with Crippen molar-refractivity contribution >= 4 is 21.6 Å². The fourth-order valence-corrected chi connectivity index (χ4v) is 3.33. The van der Waals surface area contributed by atoms with Gasteiger partial charge in [-0.15, -0.1) is 0 Å². The number of nitrogens with zero attached hydrogens (tertiary/aromatic N) is 1. The number of hydrogen-bond acceptors (Lipinski definition) is 4. The predicted molar refractivity (Wildman–Crippen MR) is 77.0 cm³/mol. The van der Waals surface area contributed by atoms with Gasteiger partial charge in [0.2, 0.25) is 15.9 Å². The molecule has 0 aliphatic carbocycles. The molecule has 2 rings (SSSR count). The summed E-state index contributed by atoms with van der Waals surface area (Å²) in [6.07, 6.45) is 0.718. The van der Waals surface area contributed by atoms with Crippen molar-refractivity contribution in [3.8, 4) is 0 Å². The maximum atomic E-state index is 12.0. The van der Waals surface area contributed by atoms with E-state index in [0.29, 0.717) is 18.8 Å². The molecule has 0 spiro atoms. The van der Waals surface area contributed by atoms with E-state index in [1.165, 1.54) is 0 Å². The van der Waals surface area contributed by atoms with Gasteiger partial charge in [0.1, 0.15) is 0 Å². The van der Waals surface area contributed by atoms with Crippen molar-refractivity contribution in [3.63, 3.8) is 0 Å². The summed E-state index contributed by atoms with van der Waals surface area (Å²) in [5.74, 6) is -0.193. The van der Waals surface area contributed by atoms with Crippen molar-refractivity contribution in [2.45, 2.75) is 31.2 Å². The monoisotopic (exact) mass is 297 g/mol. The second-order valence-corrected chi connectivity index (χ2v) is 6.59. The Labute approximate surface area is 119 Å². The Morgan fingerprint density at radius 3 is 2.80 bits per heavy atom. The maximum Gasteiger partial charge on any atom is 0.243 e. The van der Waals surface area contributed by atoms with E-state index in [4.69, 9.17) is 5.73 Å². The summed E-state index contributed by atoms with van der Waals surface area (Å²) >= 11 is 0. The van der Waals surface area contributed by atoms with E-state index in [1.54, 1.807) is 36.9 Å². The lowest BCUT2D eigenvalue weighted by atomic mass is 10.2. The van der Waals surface area contributed by atoms with Crippen LogP contribution < -0.4 is 15.4 Å². The van der Waals surface area contributed by atoms with Crippen molar-refractivity contribution in [1.82, 2.24) is 4.72 Å². The lowest BCUT2D eigenvalue weighted by Gasteiger charge is -2.20. The first-order valence-electron chi connectivity index (χ1n) is 6.56. The topological polar surface area (TPSA) is 92.5 Å². The first-order valence-corrected chi connectivity index (χ1v) is 8.04. The molecule has 1 atom stereocenters. The maximum absolute atomic E-state index is 12.0. The van der Waals surface area contributed by atoms with Crippen LogP contribution in [0.15, 0.2) is 23.1 Å². The van der Waals surface area contributed by atoms with Crippen LogP contribution in [0, 0.1) is 0 Å². The molecular formula is C13H19N3O3S. The van der Waals surface area contributed by atoms with Crippen LogP contribution in [0.2, 0.25) is 0 Å². The molecule has 20 heavy (non-hydrogen) atoms. The number of sulfonamides is 1. The molecule has 1 aliphatic rings. The molecule has 1 aromatic carbocycles. The zero-order valence-electron chi connectivity index (χ0n) is 11.6. The zero-order chi connectivity index (χ0) is 14.9. The molecule has 0 bridgehead atoms. The molecule has 6 nitrogen and oxygen atoms in total. The Kier molecular flexibility index (Phi) is 4.12. The van der Waals surface area contributed by atoms with Crippen LogP contribution in [-0.2, 0) is 21.2 Å². The number of anilines is 1. The Morgan fingerprint density at radius 1 is 1.50 bits per heavy atom. The number of carbonyl (C=O) groups is 1. The van der Waals surface area contributed by atoms with E-state index in [9.17, 15) is 13.2 Å². The van der Waals surface area contributed by atoms with Crippen molar-refractivity contribution in [1.29, 1.82) is 0 Å². The Morgan fingerprint density at radius 2 is 2.20 bits per heavy atom. The van der Waals surface area contributed by atoms with E-state index < -0.39 is 16.1 Å². The first-order chi connectivity index (χ1) is 9.36. The van der Waals surface area contributed by atoms with Gasteiger partial charge in [0, 0.05) is 18.8 Å². The summed E-state index contributed by atoms with van der Waals surface area (Å²) < 4.78 is 26.4. The largest absolute Gasteiger partial charge is 0.320 e. The number of benzene rings is 1. The average Bonchev–Trinajstić information content (AvgIpc) is 2.80. The summed E-state index contributed by atoms with van der Waals surface area (Å²) in [6, 6.07) is 4.26. The highest BCUT2D eigenvalue weighted by atomic mass is 32.2. The van der Waals surface area contributed by atoms with Crippen LogP contribution in [0.25, 0.3) is 0 Å². The van der Waals surface area contributed by atoms with Crippen LogP contribution >= 0.6 is 0 Å². The second-order valence-electron chi connectivity index (χ2n) is 4.82. The van der Waals surface area contributed by atoms with Crippen LogP contribution in [0.3, 0.4) is 0 Å². The molecular weight excluding hydrogens is 278 g/mol. The number of nitrogens with one attached hydrogen (secondary N) is 1. The lowest BCUT2D eigenvalue weighted by molar-refractivity contribution is -0.119. The molecule has 3 N–H and O–H groups in total. The van der Waals surface area contributed by atoms with Gasteiger partial charge in [-0.25, -0.2) is 13.1 Å². The highest BCUT2D eigenvalue weighted by Gasteiger charge is 2.28. The molecule has 0 aromatic heterocycles. The minimum Gasteiger partial charge on any atom is -0.320 e. The molecule has 0 fully saturated rings. The third kappa shape index (κ3) is 2.70. The molecule has 0 saturated heterocycles. The molecule has 1 amide bonds. The fourth-order valence-electron chi connectivity index (χ4n) is 2.27. The number of amides is 1. The van der Waals surface area contributed by atoms with Crippen molar-refractivity contribution in [2.24, 2.45) is 5.73 Å². The van der Waals surface area contributed by atoms with Gasteiger partial charge in [-0.3, -0.25) is 4.79 Å². The van der Waals surface area contributed by atoms with Gasteiger partial charge in [-0.2, -0.15) is 0 Å². The summed E-state index contributed by atoms with van der Waals surface area (Å²) in [4.78, 5) is 13.8. The molecule has 110 valence electrons. The molecule has 1 aromatic rings.